The summed E-state index contributed by atoms with van der Waals surface area (Å²) in [6.07, 6.45) is 3.91. The minimum atomic E-state index is -0.823. The summed E-state index contributed by atoms with van der Waals surface area (Å²) in [5, 5.41) is 14.3. The van der Waals surface area contributed by atoms with E-state index in [0.717, 1.165) is 25.0 Å². The van der Waals surface area contributed by atoms with E-state index in [0.29, 0.717) is 38.2 Å². The summed E-state index contributed by atoms with van der Waals surface area (Å²) in [5.74, 6) is -2.91. The van der Waals surface area contributed by atoms with Crippen LogP contribution in [0.3, 0.4) is 0 Å². The van der Waals surface area contributed by atoms with Crippen molar-refractivity contribution in [2.45, 2.75) is 44.6 Å². The molecule has 2 fully saturated rings. The first-order valence-corrected chi connectivity index (χ1v) is 12.5. The number of ether oxygens (including phenoxy) is 2. The van der Waals surface area contributed by atoms with E-state index in [1.165, 1.54) is 24.3 Å². The van der Waals surface area contributed by atoms with E-state index in [2.05, 4.69) is 10.6 Å². The number of rotatable bonds is 11. The van der Waals surface area contributed by atoms with Crippen LogP contribution in [-0.2, 0) is 4.79 Å². The van der Waals surface area contributed by atoms with Crippen LogP contribution in [0.15, 0.2) is 36.4 Å². The Bertz CT molecular complexity index is 1150. The maximum Gasteiger partial charge on any atom is 0.306 e. The molecule has 0 unspecified atom stereocenters. The lowest BCUT2D eigenvalue weighted by Crippen LogP contribution is -2.34. The Balaban J connectivity index is 1.19. The van der Waals surface area contributed by atoms with Crippen molar-refractivity contribution in [3.8, 4) is 11.5 Å². The molecule has 0 aliphatic heterocycles. The Kier molecular flexibility index (Phi) is 8.58. The van der Waals surface area contributed by atoms with Crippen LogP contribution in [0.4, 0.5) is 8.78 Å². The number of nitrogens with one attached hydrogen (secondary N) is 2. The molecule has 0 spiro atoms. The molecule has 2 aliphatic rings. The molecule has 0 bridgehead atoms. The number of aliphatic carboxylic acids is 1. The topological polar surface area (TPSA) is 114 Å². The van der Waals surface area contributed by atoms with Crippen molar-refractivity contribution in [3.63, 3.8) is 0 Å². The number of carbonyl (C=O) groups is 3. The molecule has 2 saturated carbocycles. The fourth-order valence-corrected chi connectivity index (χ4v) is 4.15. The Hall–Kier alpha value is -3.69. The van der Waals surface area contributed by atoms with Gasteiger partial charge in [0.1, 0.15) is 0 Å². The lowest BCUT2D eigenvalue weighted by Gasteiger charge is -2.27. The second kappa shape index (κ2) is 12.0. The van der Waals surface area contributed by atoms with Gasteiger partial charge in [0.05, 0.1) is 18.6 Å². The summed E-state index contributed by atoms with van der Waals surface area (Å²) in [6, 6.07) is 7.90. The number of halogens is 2. The molecular weight excluding hydrogens is 486 g/mol. The van der Waals surface area contributed by atoms with Gasteiger partial charge >= 0.3 is 5.97 Å². The number of benzene rings is 2. The molecule has 4 rings (SSSR count). The van der Waals surface area contributed by atoms with E-state index in [-0.39, 0.29) is 41.8 Å². The van der Waals surface area contributed by atoms with Crippen LogP contribution in [0.2, 0.25) is 0 Å². The van der Waals surface area contributed by atoms with Crippen LogP contribution in [0.5, 0.6) is 11.5 Å². The van der Waals surface area contributed by atoms with Crippen molar-refractivity contribution in [3.05, 3.63) is 59.2 Å². The summed E-state index contributed by atoms with van der Waals surface area (Å²) < 4.78 is 39.8. The zero-order valence-electron chi connectivity index (χ0n) is 20.3. The zero-order chi connectivity index (χ0) is 26.4. The van der Waals surface area contributed by atoms with Crippen molar-refractivity contribution < 1.29 is 37.7 Å². The molecule has 2 aromatic carbocycles. The van der Waals surface area contributed by atoms with Gasteiger partial charge in [-0.15, -0.1) is 0 Å². The largest absolute Gasteiger partial charge is 0.490 e. The number of amides is 2. The number of carboxylic acids is 1. The van der Waals surface area contributed by atoms with Crippen LogP contribution in [0, 0.1) is 23.5 Å². The number of hydrogen-bond donors (Lipinski definition) is 3. The first-order chi connectivity index (χ1) is 17.8. The van der Waals surface area contributed by atoms with Crippen LogP contribution < -0.4 is 20.1 Å². The highest BCUT2D eigenvalue weighted by Gasteiger charge is 2.27. The van der Waals surface area contributed by atoms with Crippen LogP contribution in [0.1, 0.15) is 59.2 Å². The van der Waals surface area contributed by atoms with Gasteiger partial charge in [0, 0.05) is 24.2 Å². The fraction of sp³-hybridized carbons (Fsp3) is 0.444. The van der Waals surface area contributed by atoms with E-state index in [1.54, 1.807) is 0 Å². The summed E-state index contributed by atoms with van der Waals surface area (Å²) in [5.41, 5.74) is 0.228. The summed E-state index contributed by atoms with van der Waals surface area (Å²) in [6.45, 7) is 0.647. The Labute approximate surface area is 213 Å². The molecule has 37 heavy (non-hydrogen) atoms. The van der Waals surface area contributed by atoms with Crippen molar-refractivity contribution in [2.75, 3.05) is 19.7 Å². The number of carboxylic acid groups (broad SMARTS) is 1. The quantitative estimate of drug-likeness (QED) is 0.390. The predicted molar refractivity (Wildman–Crippen MR) is 130 cm³/mol. The first kappa shape index (κ1) is 26.4. The zero-order valence-corrected chi connectivity index (χ0v) is 20.3. The van der Waals surface area contributed by atoms with E-state index >= 15 is 0 Å². The van der Waals surface area contributed by atoms with Gasteiger partial charge in [-0.1, -0.05) is 0 Å². The summed E-state index contributed by atoms with van der Waals surface area (Å²) >= 11 is 0. The van der Waals surface area contributed by atoms with E-state index in [1.807, 2.05) is 0 Å². The average Bonchev–Trinajstić information content (AvgIpc) is 3.71. The van der Waals surface area contributed by atoms with Gasteiger partial charge in [0.25, 0.3) is 11.8 Å². The molecule has 3 N–H and O–H groups in total. The molecule has 8 nitrogen and oxygen atoms in total. The highest BCUT2D eigenvalue weighted by atomic mass is 19.1. The van der Waals surface area contributed by atoms with Crippen LogP contribution in [0.25, 0.3) is 0 Å². The van der Waals surface area contributed by atoms with Gasteiger partial charge < -0.3 is 25.2 Å². The van der Waals surface area contributed by atoms with Gasteiger partial charge in [-0.3, -0.25) is 14.4 Å². The maximum absolute atomic E-state index is 14.5. The molecule has 2 aromatic rings. The summed E-state index contributed by atoms with van der Waals surface area (Å²) in [4.78, 5) is 35.7. The van der Waals surface area contributed by atoms with Crippen LogP contribution >= 0.6 is 0 Å². The Morgan fingerprint density at radius 1 is 0.811 bits per heavy atom. The fourth-order valence-electron chi connectivity index (χ4n) is 4.15. The lowest BCUT2D eigenvalue weighted by atomic mass is 9.87. The third-order valence-corrected chi connectivity index (χ3v) is 6.57. The predicted octanol–water partition coefficient (Wildman–Crippen LogP) is 3.94. The normalized spacial score (nSPS) is 19.1. The third kappa shape index (κ3) is 7.41. The van der Waals surface area contributed by atoms with Crippen molar-refractivity contribution in [1.29, 1.82) is 0 Å². The number of carbonyl (C=O) groups excluding carboxylic acids is 2. The van der Waals surface area contributed by atoms with E-state index in [9.17, 15) is 23.2 Å². The second-order valence-corrected chi connectivity index (χ2v) is 9.49. The standard InChI is InChI=1S/C27H30F2N2O6/c28-21-13-18(5-9-23(21)36-15-16-1-2-16)25(32)30-11-12-31-26(33)19-6-10-24(22(29)14-19)37-20-7-3-17(4-8-20)27(34)35/h5-6,9-10,13-14,16-17,20H,1-4,7-8,11-12,15H2,(H,30,32)(H,31,33)(H,34,35)/t17-,20+. The van der Waals surface area contributed by atoms with Gasteiger partial charge in [-0.05, 0) is 80.8 Å². The van der Waals surface area contributed by atoms with Gasteiger partial charge in [0.15, 0.2) is 23.1 Å². The molecule has 0 heterocycles. The van der Waals surface area contributed by atoms with Crippen molar-refractivity contribution >= 4 is 17.8 Å². The lowest BCUT2D eigenvalue weighted by molar-refractivity contribution is -0.143. The Morgan fingerprint density at radius 2 is 1.35 bits per heavy atom. The van der Waals surface area contributed by atoms with Gasteiger partial charge in [-0.2, -0.15) is 0 Å². The molecule has 10 heteroatoms. The molecule has 0 radical (unpaired) electrons. The monoisotopic (exact) mass is 516 g/mol. The van der Waals surface area contributed by atoms with Crippen LogP contribution in [-0.4, -0.2) is 48.7 Å². The smallest absolute Gasteiger partial charge is 0.306 e. The molecule has 0 saturated heterocycles. The van der Waals surface area contributed by atoms with Crippen molar-refractivity contribution in [2.24, 2.45) is 11.8 Å². The molecule has 2 amide bonds. The minimum absolute atomic E-state index is 0.0128. The number of hydrogen-bond acceptors (Lipinski definition) is 5. The molecular formula is C27H30F2N2O6. The maximum atomic E-state index is 14.5. The molecule has 0 aromatic heterocycles. The highest BCUT2D eigenvalue weighted by Crippen LogP contribution is 2.31. The highest BCUT2D eigenvalue weighted by molar-refractivity contribution is 5.95. The van der Waals surface area contributed by atoms with Crippen molar-refractivity contribution in [1.82, 2.24) is 10.6 Å². The first-order valence-electron chi connectivity index (χ1n) is 12.5. The van der Waals surface area contributed by atoms with E-state index < -0.39 is 35.3 Å². The van der Waals surface area contributed by atoms with Gasteiger partial charge in [-0.25, -0.2) is 8.78 Å². The molecule has 0 atom stereocenters. The molecule has 198 valence electrons. The average molecular weight is 517 g/mol. The molecule has 2 aliphatic carbocycles. The SMILES string of the molecule is O=C(NCCNC(=O)c1ccc(O[C@H]2CC[C@@H](C(=O)O)CC2)c(F)c1)c1ccc(OCC2CC2)c(F)c1. The minimum Gasteiger partial charge on any atom is -0.490 e. The second-order valence-electron chi connectivity index (χ2n) is 9.49. The third-order valence-electron chi connectivity index (χ3n) is 6.57. The summed E-state index contributed by atoms with van der Waals surface area (Å²) in [7, 11) is 0. The van der Waals surface area contributed by atoms with Gasteiger partial charge in [0.2, 0.25) is 0 Å². The Morgan fingerprint density at radius 3 is 1.84 bits per heavy atom. The van der Waals surface area contributed by atoms with E-state index in [4.69, 9.17) is 14.6 Å².